The first kappa shape index (κ1) is 6.74. The van der Waals surface area contributed by atoms with Gasteiger partial charge in [-0.05, 0) is 12.1 Å². The summed E-state index contributed by atoms with van der Waals surface area (Å²) < 4.78 is 0. The van der Waals surface area contributed by atoms with E-state index in [1.54, 1.807) is 18.5 Å². The van der Waals surface area contributed by atoms with Crippen LogP contribution in [0.4, 0.5) is 0 Å². The summed E-state index contributed by atoms with van der Waals surface area (Å²) in [5, 5.41) is 3.56. The molecule has 0 N–H and O–H groups in total. The molecule has 3 heteroatoms. The van der Waals surface area contributed by atoms with Crippen LogP contribution in [0, 0.1) is 6.20 Å². The minimum Gasteiger partial charge on any atom is -0.399 e. The summed E-state index contributed by atoms with van der Waals surface area (Å²) in [7, 11) is 1.50. The SMILES string of the molecule is CON=Cc1cc[c]nc1. The van der Waals surface area contributed by atoms with E-state index in [0.29, 0.717) is 0 Å². The van der Waals surface area contributed by atoms with E-state index in [2.05, 4.69) is 21.2 Å². The van der Waals surface area contributed by atoms with E-state index < -0.39 is 0 Å². The van der Waals surface area contributed by atoms with E-state index >= 15 is 0 Å². The van der Waals surface area contributed by atoms with Crippen molar-refractivity contribution in [1.29, 1.82) is 0 Å². The van der Waals surface area contributed by atoms with Gasteiger partial charge in [-0.25, -0.2) is 0 Å². The second kappa shape index (κ2) is 3.61. The summed E-state index contributed by atoms with van der Waals surface area (Å²) in [6, 6.07) is 3.56. The Kier molecular flexibility index (Phi) is 2.43. The van der Waals surface area contributed by atoms with E-state index in [4.69, 9.17) is 0 Å². The Bertz CT molecular complexity index is 208. The fourth-order valence-electron chi connectivity index (χ4n) is 0.521. The van der Waals surface area contributed by atoms with E-state index in [0.717, 1.165) is 5.56 Å². The van der Waals surface area contributed by atoms with Crippen LogP contribution in [0.3, 0.4) is 0 Å². The van der Waals surface area contributed by atoms with Crippen LogP contribution in [0.1, 0.15) is 5.56 Å². The van der Waals surface area contributed by atoms with Crippen molar-refractivity contribution in [3.05, 3.63) is 30.1 Å². The molecule has 0 amide bonds. The predicted molar refractivity (Wildman–Crippen MR) is 37.7 cm³/mol. The quantitative estimate of drug-likeness (QED) is 0.445. The lowest BCUT2D eigenvalue weighted by atomic mass is 10.3. The molecule has 1 aromatic rings. The molecule has 0 aromatic carbocycles. The highest BCUT2D eigenvalue weighted by molar-refractivity contribution is 5.78. The highest BCUT2D eigenvalue weighted by atomic mass is 16.6. The van der Waals surface area contributed by atoms with Crippen molar-refractivity contribution in [2.45, 2.75) is 0 Å². The van der Waals surface area contributed by atoms with Crippen LogP contribution in [-0.4, -0.2) is 18.3 Å². The van der Waals surface area contributed by atoms with Crippen LogP contribution < -0.4 is 0 Å². The molecule has 0 unspecified atom stereocenters. The lowest BCUT2D eigenvalue weighted by molar-refractivity contribution is 0.215. The minimum absolute atomic E-state index is 0.903. The average Bonchev–Trinajstić information content (AvgIpc) is 2.03. The Hall–Kier alpha value is -1.38. The molecule has 0 aliphatic carbocycles. The fraction of sp³-hybridized carbons (Fsp3) is 0.143. The van der Waals surface area contributed by atoms with Gasteiger partial charge in [0.05, 0.1) is 12.4 Å². The number of hydrogen-bond donors (Lipinski definition) is 0. The van der Waals surface area contributed by atoms with Gasteiger partial charge in [-0.15, -0.1) is 0 Å². The van der Waals surface area contributed by atoms with E-state index in [1.807, 2.05) is 6.07 Å². The van der Waals surface area contributed by atoms with Gasteiger partial charge in [0, 0.05) is 11.8 Å². The number of rotatable bonds is 2. The van der Waals surface area contributed by atoms with Gasteiger partial charge in [0.2, 0.25) is 0 Å². The molecule has 0 spiro atoms. The van der Waals surface area contributed by atoms with Gasteiger partial charge in [0.25, 0.3) is 0 Å². The smallest absolute Gasteiger partial charge is 0.106 e. The van der Waals surface area contributed by atoms with E-state index in [1.165, 1.54) is 7.11 Å². The lowest BCUT2D eigenvalue weighted by Gasteiger charge is -1.87. The minimum atomic E-state index is 0.903. The topological polar surface area (TPSA) is 34.5 Å². The van der Waals surface area contributed by atoms with Crippen LogP contribution in [0.25, 0.3) is 0 Å². The number of oxime groups is 1. The molecule has 1 rings (SSSR count). The third kappa shape index (κ3) is 1.85. The van der Waals surface area contributed by atoms with Gasteiger partial charge in [0.1, 0.15) is 7.11 Å². The number of hydrogen-bond acceptors (Lipinski definition) is 3. The Morgan fingerprint density at radius 1 is 1.80 bits per heavy atom. The van der Waals surface area contributed by atoms with Crippen LogP contribution in [-0.2, 0) is 4.84 Å². The molecule has 0 aliphatic rings. The van der Waals surface area contributed by atoms with E-state index in [-0.39, 0.29) is 0 Å². The van der Waals surface area contributed by atoms with Crippen LogP contribution in [0.15, 0.2) is 23.5 Å². The molecular formula is C7H7N2O. The summed E-state index contributed by atoms with van der Waals surface area (Å²) in [6.07, 6.45) is 5.90. The molecule has 0 atom stereocenters. The molecule has 0 fully saturated rings. The van der Waals surface area contributed by atoms with Gasteiger partial charge < -0.3 is 4.84 Å². The van der Waals surface area contributed by atoms with Crippen LogP contribution in [0.2, 0.25) is 0 Å². The molecule has 1 aromatic heterocycles. The van der Waals surface area contributed by atoms with Crippen molar-refractivity contribution in [2.24, 2.45) is 5.16 Å². The monoisotopic (exact) mass is 135 g/mol. The Morgan fingerprint density at radius 3 is 3.30 bits per heavy atom. The van der Waals surface area contributed by atoms with Crippen molar-refractivity contribution in [3.63, 3.8) is 0 Å². The second-order valence-corrected chi connectivity index (χ2v) is 1.64. The first-order valence-corrected chi connectivity index (χ1v) is 2.82. The zero-order valence-electron chi connectivity index (χ0n) is 5.61. The van der Waals surface area contributed by atoms with Gasteiger partial charge in [-0.3, -0.25) is 4.98 Å². The van der Waals surface area contributed by atoms with Crippen LogP contribution in [0.5, 0.6) is 0 Å². The summed E-state index contributed by atoms with van der Waals surface area (Å²) in [4.78, 5) is 8.24. The van der Waals surface area contributed by atoms with Gasteiger partial charge in [-0.2, -0.15) is 0 Å². The van der Waals surface area contributed by atoms with E-state index in [9.17, 15) is 0 Å². The standard InChI is InChI=1S/C7H7N2O/c1-10-9-6-7-3-2-4-8-5-7/h2-3,5-6H,1H3. The van der Waals surface area contributed by atoms with Crippen molar-refractivity contribution in [3.8, 4) is 0 Å². The zero-order chi connectivity index (χ0) is 7.23. The number of aromatic nitrogens is 1. The third-order valence-electron chi connectivity index (χ3n) is 0.946. The van der Waals surface area contributed by atoms with Crippen molar-refractivity contribution in [1.82, 2.24) is 4.98 Å². The molecular weight excluding hydrogens is 128 g/mol. The summed E-state index contributed by atoms with van der Waals surface area (Å²) >= 11 is 0. The highest BCUT2D eigenvalue weighted by Crippen LogP contribution is 1.89. The summed E-state index contributed by atoms with van der Waals surface area (Å²) in [6.45, 7) is 0. The molecule has 0 saturated heterocycles. The molecule has 0 bridgehead atoms. The average molecular weight is 135 g/mol. The summed E-state index contributed by atoms with van der Waals surface area (Å²) in [5.41, 5.74) is 0.903. The maximum atomic E-state index is 4.48. The Morgan fingerprint density at radius 2 is 2.70 bits per heavy atom. The molecule has 0 saturated carbocycles. The normalized spacial score (nSPS) is 10.1. The third-order valence-corrected chi connectivity index (χ3v) is 0.946. The molecule has 51 valence electrons. The largest absolute Gasteiger partial charge is 0.399 e. The zero-order valence-corrected chi connectivity index (χ0v) is 5.61. The summed E-state index contributed by atoms with van der Waals surface area (Å²) in [5.74, 6) is 0. The molecule has 1 heterocycles. The van der Waals surface area contributed by atoms with Gasteiger partial charge in [0.15, 0.2) is 0 Å². The number of pyridine rings is 1. The van der Waals surface area contributed by atoms with Crippen molar-refractivity contribution in [2.75, 3.05) is 7.11 Å². The Labute approximate surface area is 59.3 Å². The maximum absolute atomic E-state index is 4.48. The molecule has 3 nitrogen and oxygen atoms in total. The maximum Gasteiger partial charge on any atom is 0.106 e. The fourth-order valence-corrected chi connectivity index (χ4v) is 0.521. The van der Waals surface area contributed by atoms with Crippen molar-refractivity contribution >= 4 is 6.21 Å². The first-order valence-electron chi connectivity index (χ1n) is 2.82. The molecule has 0 aliphatic heterocycles. The first-order chi connectivity index (χ1) is 4.93. The van der Waals surface area contributed by atoms with Gasteiger partial charge >= 0.3 is 0 Å². The molecule has 1 radical (unpaired) electrons. The lowest BCUT2D eigenvalue weighted by Crippen LogP contribution is -1.81. The predicted octanol–water partition coefficient (Wildman–Crippen LogP) is 0.862. The van der Waals surface area contributed by atoms with Crippen LogP contribution >= 0.6 is 0 Å². The van der Waals surface area contributed by atoms with Crippen molar-refractivity contribution < 1.29 is 4.84 Å². The van der Waals surface area contributed by atoms with Gasteiger partial charge in [-0.1, -0.05) is 5.16 Å². The Balaban J connectivity index is 2.67. The highest BCUT2D eigenvalue weighted by Gasteiger charge is 1.82. The molecule has 10 heavy (non-hydrogen) atoms. The second-order valence-electron chi connectivity index (χ2n) is 1.64. The number of nitrogens with zero attached hydrogens (tertiary/aromatic N) is 2.